The molecule has 20 heavy (non-hydrogen) atoms. The Kier molecular flexibility index (Phi) is 3.93. The number of para-hydroxylation sites is 1. The lowest BCUT2D eigenvalue weighted by Gasteiger charge is -2.17. The standard InChI is InChI=1S/C16H20N2O2/c1-16(2,3)15-12(9-10-14(19)20)11-18(17-15)13-7-5-4-6-8-13/h4-8,11H,9-10H2,1-3H3,(H,19,20). The van der Waals surface area contributed by atoms with Crippen molar-refractivity contribution in [1.29, 1.82) is 0 Å². The highest BCUT2D eigenvalue weighted by Gasteiger charge is 2.22. The summed E-state index contributed by atoms with van der Waals surface area (Å²) in [6, 6.07) is 9.86. The number of carboxylic acids is 1. The number of rotatable bonds is 4. The lowest BCUT2D eigenvalue weighted by atomic mass is 9.88. The summed E-state index contributed by atoms with van der Waals surface area (Å²) in [6.45, 7) is 6.28. The molecule has 0 amide bonds. The van der Waals surface area contributed by atoms with Crippen LogP contribution in [0.3, 0.4) is 0 Å². The van der Waals surface area contributed by atoms with Gasteiger partial charge < -0.3 is 5.11 Å². The van der Waals surface area contributed by atoms with Crippen LogP contribution < -0.4 is 0 Å². The van der Waals surface area contributed by atoms with E-state index in [1.807, 2.05) is 41.2 Å². The molecule has 0 spiro atoms. The molecule has 0 unspecified atom stereocenters. The smallest absolute Gasteiger partial charge is 0.303 e. The van der Waals surface area contributed by atoms with Gasteiger partial charge in [-0.1, -0.05) is 39.0 Å². The van der Waals surface area contributed by atoms with Gasteiger partial charge in [-0.2, -0.15) is 5.10 Å². The number of aliphatic carboxylic acids is 1. The monoisotopic (exact) mass is 272 g/mol. The van der Waals surface area contributed by atoms with E-state index < -0.39 is 5.97 Å². The third-order valence-electron chi connectivity index (χ3n) is 3.13. The van der Waals surface area contributed by atoms with Gasteiger partial charge in [0.15, 0.2) is 0 Å². The molecule has 4 heteroatoms. The summed E-state index contributed by atoms with van der Waals surface area (Å²) in [5, 5.41) is 13.5. The third-order valence-corrected chi connectivity index (χ3v) is 3.13. The van der Waals surface area contributed by atoms with Gasteiger partial charge in [-0.3, -0.25) is 4.79 Å². The minimum absolute atomic E-state index is 0.103. The molecule has 0 radical (unpaired) electrons. The molecule has 1 aromatic heterocycles. The van der Waals surface area contributed by atoms with E-state index in [2.05, 4.69) is 25.9 Å². The van der Waals surface area contributed by atoms with E-state index in [4.69, 9.17) is 5.11 Å². The van der Waals surface area contributed by atoms with Crippen molar-refractivity contribution in [3.8, 4) is 5.69 Å². The second kappa shape index (κ2) is 5.49. The molecule has 1 aromatic carbocycles. The van der Waals surface area contributed by atoms with Gasteiger partial charge in [0, 0.05) is 18.0 Å². The zero-order chi connectivity index (χ0) is 14.8. The molecule has 0 atom stereocenters. The topological polar surface area (TPSA) is 55.1 Å². The van der Waals surface area contributed by atoms with Crippen molar-refractivity contribution in [2.45, 2.75) is 39.0 Å². The van der Waals surface area contributed by atoms with Crippen molar-refractivity contribution in [2.24, 2.45) is 0 Å². The molecule has 0 saturated carbocycles. The minimum atomic E-state index is -0.780. The number of benzene rings is 1. The van der Waals surface area contributed by atoms with Crippen molar-refractivity contribution < 1.29 is 9.90 Å². The Hall–Kier alpha value is -2.10. The fraction of sp³-hybridized carbons (Fsp3) is 0.375. The summed E-state index contributed by atoms with van der Waals surface area (Å²) < 4.78 is 1.83. The van der Waals surface area contributed by atoms with Gasteiger partial charge in [-0.15, -0.1) is 0 Å². The molecule has 1 heterocycles. The highest BCUT2D eigenvalue weighted by molar-refractivity contribution is 5.67. The predicted octanol–water partition coefficient (Wildman–Crippen LogP) is 3.19. The number of carboxylic acid groups (broad SMARTS) is 1. The van der Waals surface area contributed by atoms with Gasteiger partial charge in [0.1, 0.15) is 0 Å². The van der Waals surface area contributed by atoms with Crippen molar-refractivity contribution in [3.63, 3.8) is 0 Å². The predicted molar refractivity (Wildman–Crippen MR) is 78.2 cm³/mol. The summed E-state index contributed by atoms with van der Waals surface area (Å²) in [5.41, 5.74) is 2.85. The van der Waals surface area contributed by atoms with Crippen LogP contribution in [0.15, 0.2) is 36.5 Å². The maximum Gasteiger partial charge on any atom is 0.303 e. The molecular weight excluding hydrogens is 252 g/mol. The van der Waals surface area contributed by atoms with E-state index in [1.165, 1.54) is 0 Å². The lowest BCUT2D eigenvalue weighted by molar-refractivity contribution is -0.136. The third kappa shape index (κ3) is 3.26. The Morgan fingerprint density at radius 1 is 1.25 bits per heavy atom. The number of carbonyl (C=O) groups is 1. The average Bonchev–Trinajstić information content (AvgIpc) is 2.81. The zero-order valence-corrected chi connectivity index (χ0v) is 12.1. The van der Waals surface area contributed by atoms with E-state index in [0.717, 1.165) is 16.9 Å². The van der Waals surface area contributed by atoms with Gasteiger partial charge >= 0.3 is 5.97 Å². The van der Waals surface area contributed by atoms with Crippen LogP contribution in [0, 0.1) is 0 Å². The van der Waals surface area contributed by atoms with Crippen LogP contribution in [0.1, 0.15) is 38.4 Å². The number of hydrogen-bond donors (Lipinski definition) is 1. The van der Waals surface area contributed by atoms with Crippen LogP contribution in [0.25, 0.3) is 5.69 Å². The van der Waals surface area contributed by atoms with Crippen molar-refractivity contribution in [3.05, 3.63) is 47.8 Å². The summed E-state index contributed by atoms with van der Waals surface area (Å²) in [5.74, 6) is -0.780. The van der Waals surface area contributed by atoms with Crippen molar-refractivity contribution in [2.75, 3.05) is 0 Å². The average molecular weight is 272 g/mol. The Morgan fingerprint density at radius 2 is 1.90 bits per heavy atom. The Labute approximate surface area is 119 Å². The van der Waals surface area contributed by atoms with Crippen LogP contribution in [-0.2, 0) is 16.6 Å². The first-order chi connectivity index (χ1) is 9.38. The maximum atomic E-state index is 10.8. The first-order valence-corrected chi connectivity index (χ1v) is 6.74. The number of nitrogens with zero attached hydrogens (tertiary/aromatic N) is 2. The fourth-order valence-electron chi connectivity index (χ4n) is 2.18. The first-order valence-electron chi connectivity index (χ1n) is 6.74. The number of aromatic nitrogens is 2. The molecule has 0 aliphatic carbocycles. The molecule has 4 nitrogen and oxygen atoms in total. The SMILES string of the molecule is CC(C)(C)c1nn(-c2ccccc2)cc1CCC(=O)O. The largest absolute Gasteiger partial charge is 0.481 e. The van der Waals surface area contributed by atoms with Gasteiger partial charge in [0.05, 0.1) is 11.4 Å². The summed E-state index contributed by atoms with van der Waals surface area (Å²) in [7, 11) is 0. The van der Waals surface area contributed by atoms with Gasteiger partial charge in [0.25, 0.3) is 0 Å². The molecule has 0 fully saturated rings. The van der Waals surface area contributed by atoms with Crippen LogP contribution >= 0.6 is 0 Å². The molecule has 0 saturated heterocycles. The number of hydrogen-bond acceptors (Lipinski definition) is 2. The van der Waals surface area contributed by atoms with E-state index in [1.54, 1.807) is 0 Å². The molecule has 0 aliphatic rings. The molecule has 2 rings (SSSR count). The second-order valence-corrected chi connectivity index (χ2v) is 5.93. The van der Waals surface area contributed by atoms with E-state index >= 15 is 0 Å². The fourth-order valence-corrected chi connectivity index (χ4v) is 2.18. The highest BCUT2D eigenvalue weighted by atomic mass is 16.4. The molecule has 106 valence electrons. The number of aryl methyl sites for hydroxylation is 1. The molecule has 2 aromatic rings. The summed E-state index contributed by atoms with van der Waals surface area (Å²) in [4.78, 5) is 10.8. The quantitative estimate of drug-likeness (QED) is 0.930. The van der Waals surface area contributed by atoms with Gasteiger partial charge in [-0.25, -0.2) is 4.68 Å². The Morgan fingerprint density at radius 3 is 2.45 bits per heavy atom. The Bertz CT molecular complexity index is 595. The lowest BCUT2D eigenvalue weighted by Crippen LogP contribution is -2.15. The van der Waals surface area contributed by atoms with Gasteiger partial charge in [-0.05, 0) is 24.1 Å². The summed E-state index contributed by atoms with van der Waals surface area (Å²) >= 11 is 0. The summed E-state index contributed by atoms with van der Waals surface area (Å²) in [6.07, 6.45) is 2.58. The van der Waals surface area contributed by atoms with Crippen molar-refractivity contribution in [1.82, 2.24) is 9.78 Å². The van der Waals surface area contributed by atoms with Crippen LogP contribution in [0.2, 0.25) is 0 Å². The van der Waals surface area contributed by atoms with Gasteiger partial charge in [0.2, 0.25) is 0 Å². The highest BCUT2D eigenvalue weighted by Crippen LogP contribution is 2.26. The first kappa shape index (κ1) is 14.3. The van der Waals surface area contributed by atoms with Crippen LogP contribution in [0.5, 0.6) is 0 Å². The zero-order valence-electron chi connectivity index (χ0n) is 12.1. The normalized spacial score (nSPS) is 11.6. The second-order valence-electron chi connectivity index (χ2n) is 5.93. The van der Waals surface area contributed by atoms with Crippen LogP contribution in [0.4, 0.5) is 0 Å². The van der Waals surface area contributed by atoms with Crippen LogP contribution in [-0.4, -0.2) is 20.9 Å². The maximum absolute atomic E-state index is 10.8. The molecular formula is C16H20N2O2. The van der Waals surface area contributed by atoms with E-state index in [9.17, 15) is 4.79 Å². The van der Waals surface area contributed by atoms with Crippen molar-refractivity contribution >= 4 is 5.97 Å². The molecule has 0 bridgehead atoms. The minimum Gasteiger partial charge on any atom is -0.481 e. The van der Waals surface area contributed by atoms with E-state index in [0.29, 0.717) is 6.42 Å². The molecule has 0 aliphatic heterocycles. The Balaban J connectivity index is 2.39. The molecule has 1 N–H and O–H groups in total. The van der Waals surface area contributed by atoms with E-state index in [-0.39, 0.29) is 11.8 Å².